The Hall–Kier alpha value is -3.23. The molecule has 0 amide bonds. The fourth-order valence-corrected chi connectivity index (χ4v) is 4.92. The fraction of sp³-hybridized carbons (Fsp3) is 0.370. The third kappa shape index (κ3) is 5.89. The van der Waals surface area contributed by atoms with Crippen molar-refractivity contribution in [2.24, 2.45) is 0 Å². The summed E-state index contributed by atoms with van der Waals surface area (Å²) in [6.07, 6.45) is 4.21. The van der Waals surface area contributed by atoms with Crippen molar-refractivity contribution in [3.05, 3.63) is 72.3 Å². The molecule has 3 aromatic rings. The average molecular weight is 490 g/mol. The number of hydrogen-bond acceptors (Lipinski definition) is 6. The molecular weight excluding hydrogens is 458 g/mol. The molecule has 2 fully saturated rings. The lowest BCUT2D eigenvalue weighted by atomic mass is 9.74. The van der Waals surface area contributed by atoms with Crippen LogP contribution >= 0.6 is 12.2 Å². The topological polar surface area (TPSA) is 71.5 Å². The van der Waals surface area contributed by atoms with E-state index in [-0.39, 0.29) is 5.41 Å². The van der Waals surface area contributed by atoms with Gasteiger partial charge in [-0.15, -0.1) is 0 Å². The molecule has 0 aliphatic carbocycles. The highest BCUT2D eigenvalue weighted by Gasteiger charge is 2.34. The van der Waals surface area contributed by atoms with Crippen molar-refractivity contribution in [1.29, 1.82) is 0 Å². The summed E-state index contributed by atoms with van der Waals surface area (Å²) in [6.45, 7) is 4.17. The van der Waals surface area contributed by atoms with Gasteiger partial charge in [0.15, 0.2) is 5.11 Å². The number of benzene rings is 2. The maximum Gasteiger partial charge on any atom is 0.234 e. The lowest BCUT2D eigenvalue weighted by Crippen LogP contribution is -2.45. The van der Waals surface area contributed by atoms with Gasteiger partial charge in [0.1, 0.15) is 11.6 Å². The number of aromatic nitrogens is 2. The summed E-state index contributed by atoms with van der Waals surface area (Å²) in [6, 6.07) is 22.2. The van der Waals surface area contributed by atoms with E-state index < -0.39 is 0 Å². The van der Waals surface area contributed by atoms with Crippen molar-refractivity contribution in [3.63, 3.8) is 0 Å². The Morgan fingerprint density at radius 1 is 0.971 bits per heavy atom. The largest absolute Gasteiger partial charge is 0.439 e. The zero-order valence-corrected chi connectivity index (χ0v) is 20.6. The Bertz CT molecular complexity index is 1120. The van der Waals surface area contributed by atoms with Gasteiger partial charge in [0.05, 0.1) is 0 Å². The smallest absolute Gasteiger partial charge is 0.234 e. The normalized spacial score (nSPS) is 17.1. The van der Waals surface area contributed by atoms with Crippen LogP contribution in [0.3, 0.4) is 0 Å². The fourth-order valence-electron chi connectivity index (χ4n) is 4.76. The average Bonchev–Trinajstić information content (AvgIpc) is 3.44. The second kappa shape index (κ2) is 11.0. The highest BCUT2D eigenvalue weighted by Crippen LogP contribution is 2.34. The predicted octanol–water partition coefficient (Wildman–Crippen LogP) is 4.90. The van der Waals surface area contributed by atoms with Crippen LogP contribution in [0.2, 0.25) is 0 Å². The first-order valence-electron chi connectivity index (χ1n) is 12.3. The molecule has 35 heavy (non-hydrogen) atoms. The second-order valence-electron chi connectivity index (χ2n) is 9.06. The van der Waals surface area contributed by atoms with Crippen molar-refractivity contribution in [2.45, 2.75) is 31.1 Å². The zero-order chi connectivity index (χ0) is 23.9. The van der Waals surface area contributed by atoms with Gasteiger partial charge in [-0.05, 0) is 55.6 Å². The van der Waals surface area contributed by atoms with Crippen molar-refractivity contribution in [2.75, 3.05) is 43.1 Å². The van der Waals surface area contributed by atoms with Crippen molar-refractivity contribution < 1.29 is 9.47 Å². The van der Waals surface area contributed by atoms with E-state index in [0.29, 0.717) is 23.5 Å². The molecule has 2 aromatic carbocycles. The molecule has 7 nitrogen and oxygen atoms in total. The Morgan fingerprint density at radius 3 is 2.37 bits per heavy atom. The van der Waals surface area contributed by atoms with E-state index in [1.807, 2.05) is 36.4 Å². The van der Waals surface area contributed by atoms with Gasteiger partial charge < -0.3 is 25.0 Å². The highest BCUT2D eigenvalue weighted by atomic mass is 32.1. The molecule has 0 atom stereocenters. The van der Waals surface area contributed by atoms with E-state index in [1.165, 1.54) is 5.56 Å². The number of nitrogens with zero attached hydrogens (tertiary/aromatic N) is 3. The van der Waals surface area contributed by atoms with Crippen LogP contribution in [-0.4, -0.2) is 47.9 Å². The maximum atomic E-state index is 6.03. The summed E-state index contributed by atoms with van der Waals surface area (Å²) in [5.74, 6) is 2.50. The molecule has 0 bridgehead atoms. The minimum absolute atomic E-state index is 0.0227. The number of ether oxygens (including phenoxy) is 2. The maximum absolute atomic E-state index is 6.03. The van der Waals surface area contributed by atoms with Crippen LogP contribution in [0.4, 0.5) is 11.8 Å². The van der Waals surface area contributed by atoms with Gasteiger partial charge in [0.2, 0.25) is 11.8 Å². The number of hydrogen-bond donors (Lipinski definition) is 2. The van der Waals surface area contributed by atoms with E-state index in [9.17, 15) is 0 Å². The molecule has 2 saturated heterocycles. The third-order valence-corrected chi connectivity index (χ3v) is 6.98. The highest BCUT2D eigenvalue weighted by molar-refractivity contribution is 7.80. The molecule has 182 valence electrons. The van der Waals surface area contributed by atoms with Gasteiger partial charge in [0.25, 0.3) is 0 Å². The summed E-state index contributed by atoms with van der Waals surface area (Å²) in [7, 11) is 0. The summed E-state index contributed by atoms with van der Waals surface area (Å²) in [4.78, 5) is 11.6. The molecular formula is C27H31N5O2S. The first-order chi connectivity index (χ1) is 17.2. The van der Waals surface area contributed by atoms with Crippen molar-refractivity contribution >= 4 is 29.1 Å². The molecule has 2 aliphatic heterocycles. The van der Waals surface area contributed by atoms with Gasteiger partial charge in [0, 0.05) is 44.3 Å². The summed E-state index contributed by atoms with van der Waals surface area (Å²) < 4.78 is 11.7. The molecule has 5 rings (SSSR count). The van der Waals surface area contributed by atoms with Gasteiger partial charge in [-0.25, -0.2) is 0 Å². The van der Waals surface area contributed by atoms with Crippen LogP contribution in [0.1, 0.15) is 31.2 Å². The molecule has 0 radical (unpaired) electrons. The first-order valence-corrected chi connectivity index (χ1v) is 12.7. The van der Waals surface area contributed by atoms with Crippen LogP contribution in [0.15, 0.2) is 66.7 Å². The Balaban J connectivity index is 1.31. The SMILES string of the molecule is S=C(NCC1(c2ccccc2)CCOCC1)Nc1nc(Oc2ccccc2)cc(N2CCCC2)n1. The summed E-state index contributed by atoms with van der Waals surface area (Å²) >= 11 is 5.67. The van der Waals surface area contributed by atoms with E-state index >= 15 is 0 Å². The van der Waals surface area contributed by atoms with Gasteiger partial charge in [-0.3, -0.25) is 0 Å². The molecule has 0 saturated carbocycles. The molecule has 0 unspecified atom stereocenters. The summed E-state index contributed by atoms with van der Waals surface area (Å²) in [5.41, 5.74) is 1.29. The third-order valence-electron chi connectivity index (χ3n) is 6.73. The van der Waals surface area contributed by atoms with E-state index in [0.717, 1.165) is 63.6 Å². The Kier molecular flexibility index (Phi) is 7.39. The molecule has 8 heteroatoms. The second-order valence-corrected chi connectivity index (χ2v) is 9.47. The minimum Gasteiger partial charge on any atom is -0.439 e. The number of para-hydroxylation sites is 1. The van der Waals surface area contributed by atoms with Crippen molar-refractivity contribution in [3.8, 4) is 11.6 Å². The van der Waals surface area contributed by atoms with Crippen LogP contribution in [0.5, 0.6) is 11.6 Å². The quantitative estimate of drug-likeness (QED) is 0.454. The molecule has 3 heterocycles. The summed E-state index contributed by atoms with van der Waals surface area (Å²) in [5, 5.41) is 7.13. The van der Waals surface area contributed by atoms with Crippen LogP contribution in [0.25, 0.3) is 0 Å². The van der Waals surface area contributed by atoms with E-state index in [2.05, 4.69) is 50.8 Å². The van der Waals surface area contributed by atoms with Gasteiger partial charge in [-0.2, -0.15) is 9.97 Å². The molecule has 2 N–H and O–H groups in total. The van der Waals surface area contributed by atoms with Crippen LogP contribution in [-0.2, 0) is 10.2 Å². The predicted molar refractivity (Wildman–Crippen MR) is 142 cm³/mol. The molecule has 2 aliphatic rings. The van der Waals surface area contributed by atoms with E-state index in [4.69, 9.17) is 26.7 Å². The monoisotopic (exact) mass is 489 g/mol. The van der Waals surface area contributed by atoms with Crippen LogP contribution < -0.4 is 20.3 Å². The zero-order valence-electron chi connectivity index (χ0n) is 19.8. The number of anilines is 2. The Labute approximate surface area is 211 Å². The number of nitrogens with one attached hydrogen (secondary N) is 2. The number of rotatable bonds is 7. The Morgan fingerprint density at radius 2 is 1.66 bits per heavy atom. The lowest BCUT2D eigenvalue weighted by Gasteiger charge is -2.38. The lowest BCUT2D eigenvalue weighted by molar-refractivity contribution is 0.0515. The minimum atomic E-state index is -0.0227. The molecule has 0 spiro atoms. The van der Waals surface area contributed by atoms with Gasteiger partial charge in [-0.1, -0.05) is 48.5 Å². The first kappa shape index (κ1) is 23.5. The standard InChI is InChI=1S/C27H31N5O2S/c35-26(28-20-27(13-17-33-18-14-27)21-9-3-1-4-10-21)31-25-29-23(32-15-7-8-16-32)19-24(30-25)34-22-11-5-2-6-12-22/h1-6,9-12,19H,7-8,13-18,20H2,(H2,28,29,30,31,35). The van der Waals surface area contributed by atoms with Crippen molar-refractivity contribution in [1.82, 2.24) is 15.3 Å². The van der Waals surface area contributed by atoms with Gasteiger partial charge >= 0.3 is 0 Å². The van der Waals surface area contributed by atoms with Crippen LogP contribution in [0, 0.1) is 0 Å². The van der Waals surface area contributed by atoms with E-state index in [1.54, 1.807) is 0 Å². The molecule has 1 aromatic heterocycles. The number of thiocarbonyl (C=S) groups is 1.